The van der Waals surface area contributed by atoms with E-state index in [1.54, 1.807) is 6.20 Å². The molecule has 4 heteroatoms. The molecular weight excluding hydrogens is 228 g/mol. The van der Waals surface area contributed by atoms with Gasteiger partial charge in [-0.2, -0.15) is 0 Å². The summed E-state index contributed by atoms with van der Waals surface area (Å²) in [5, 5.41) is 3.39. The highest BCUT2D eigenvalue weighted by Gasteiger charge is 2.69. The lowest BCUT2D eigenvalue weighted by Gasteiger charge is -2.12. The minimum atomic E-state index is -0.625. The summed E-state index contributed by atoms with van der Waals surface area (Å²) in [6.45, 7) is 0. The largest absolute Gasteiger partial charge is 0.295 e. The molecule has 2 atom stereocenters. The maximum atomic E-state index is 12.0. The molecule has 4 rings (SSSR count). The number of imide groups is 1. The van der Waals surface area contributed by atoms with Crippen LogP contribution in [0.15, 0.2) is 36.5 Å². The summed E-state index contributed by atoms with van der Waals surface area (Å²) in [7, 11) is 0. The van der Waals surface area contributed by atoms with Crippen LogP contribution in [-0.2, 0) is 15.0 Å². The van der Waals surface area contributed by atoms with Crippen LogP contribution in [0.5, 0.6) is 0 Å². The lowest BCUT2D eigenvalue weighted by atomic mass is 9.91. The molecule has 4 nitrogen and oxygen atoms in total. The highest BCUT2D eigenvalue weighted by Crippen LogP contribution is 2.58. The lowest BCUT2D eigenvalue weighted by molar-refractivity contribution is -0.127. The first kappa shape index (κ1) is 9.76. The van der Waals surface area contributed by atoms with Crippen molar-refractivity contribution in [1.29, 1.82) is 0 Å². The van der Waals surface area contributed by atoms with E-state index in [0.29, 0.717) is 6.42 Å². The van der Waals surface area contributed by atoms with Crippen LogP contribution in [0.4, 0.5) is 0 Å². The third-order valence-corrected chi connectivity index (χ3v) is 4.05. The van der Waals surface area contributed by atoms with Crippen molar-refractivity contribution in [2.24, 2.45) is 5.92 Å². The van der Waals surface area contributed by atoms with Crippen LogP contribution >= 0.6 is 0 Å². The molecule has 2 aromatic rings. The van der Waals surface area contributed by atoms with Gasteiger partial charge in [-0.1, -0.05) is 18.2 Å². The van der Waals surface area contributed by atoms with Crippen molar-refractivity contribution < 1.29 is 9.59 Å². The Morgan fingerprint density at radius 1 is 1.22 bits per heavy atom. The Morgan fingerprint density at radius 2 is 2.11 bits per heavy atom. The number of hydrogen-bond donors (Lipinski definition) is 1. The van der Waals surface area contributed by atoms with Gasteiger partial charge in [0.2, 0.25) is 11.8 Å². The minimum Gasteiger partial charge on any atom is -0.295 e. The second-order valence-electron chi connectivity index (χ2n) is 4.92. The van der Waals surface area contributed by atoms with E-state index in [4.69, 9.17) is 0 Å². The van der Waals surface area contributed by atoms with Gasteiger partial charge in [0.15, 0.2) is 0 Å². The zero-order valence-electron chi connectivity index (χ0n) is 9.51. The van der Waals surface area contributed by atoms with E-state index in [9.17, 15) is 9.59 Å². The van der Waals surface area contributed by atoms with Crippen LogP contribution in [0.3, 0.4) is 0 Å². The van der Waals surface area contributed by atoms with Gasteiger partial charge >= 0.3 is 0 Å². The number of carbonyl (C=O) groups excluding carboxylic acids is 2. The Hall–Kier alpha value is -2.23. The van der Waals surface area contributed by atoms with Crippen LogP contribution in [0.2, 0.25) is 0 Å². The third kappa shape index (κ3) is 0.984. The summed E-state index contributed by atoms with van der Waals surface area (Å²) < 4.78 is 0. The topological polar surface area (TPSA) is 59.1 Å². The predicted molar refractivity (Wildman–Crippen MR) is 64.7 cm³/mol. The van der Waals surface area contributed by atoms with Gasteiger partial charge in [-0.3, -0.25) is 19.9 Å². The fourth-order valence-electron chi connectivity index (χ4n) is 3.05. The molecule has 0 spiro atoms. The van der Waals surface area contributed by atoms with Gasteiger partial charge in [-0.25, -0.2) is 0 Å². The number of benzene rings is 1. The molecule has 1 aromatic carbocycles. The molecule has 1 unspecified atom stereocenters. The van der Waals surface area contributed by atoms with Crippen molar-refractivity contribution in [1.82, 2.24) is 10.3 Å². The molecule has 1 saturated carbocycles. The van der Waals surface area contributed by atoms with Crippen molar-refractivity contribution in [3.63, 3.8) is 0 Å². The van der Waals surface area contributed by atoms with E-state index >= 15 is 0 Å². The second-order valence-corrected chi connectivity index (χ2v) is 4.92. The number of pyridine rings is 1. The Morgan fingerprint density at radius 3 is 2.83 bits per heavy atom. The fourth-order valence-corrected chi connectivity index (χ4v) is 3.05. The molecule has 2 aliphatic rings. The number of hydrogen-bond acceptors (Lipinski definition) is 3. The van der Waals surface area contributed by atoms with E-state index in [-0.39, 0.29) is 17.7 Å². The zero-order valence-corrected chi connectivity index (χ0v) is 9.51. The monoisotopic (exact) mass is 238 g/mol. The maximum absolute atomic E-state index is 12.0. The normalized spacial score (nSPS) is 29.2. The summed E-state index contributed by atoms with van der Waals surface area (Å²) in [5.41, 5.74) is 1.17. The van der Waals surface area contributed by atoms with E-state index in [1.165, 1.54) is 0 Å². The number of carbonyl (C=O) groups is 2. The fraction of sp³-hybridized carbons (Fsp3) is 0.214. The first-order chi connectivity index (χ1) is 8.73. The van der Waals surface area contributed by atoms with Gasteiger partial charge in [0.25, 0.3) is 0 Å². The molecule has 18 heavy (non-hydrogen) atoms. The van der Waals surface area contributed by atoms with Gasteiger partial charge < -0.3 is 0 Å². The number of nitrogens with one attached hydrogen (secondary N) is 1. The van der Waals surface area contributed by atoms with E-state index in [2.05, 4.69) is 10.3 Å². The smallest absolute Gasteiger partial charge is 0.238 e. The van der Waals surface area contributed by atoms with Crippen molar-refractivity contribution >= 4 is 22.7 Å². The number of aromatic nitrogens is 1. The van der Waals surface area contributed by atoms with Crippen LogP contribution < -0.4 is 5.32 Å². The van der Waals surface area contributed by atoms with Crippen molar-refractivity contribution in [3.8, 4) is 0 Å². The molecule has 1 N–H and O–H groups in total. The van der Waals surface area contributed by atoms with Crippen molar-refractivity contribution in [3.05, 3.63) is 42.1 Å². The van der Waals surface area contributed by atoms with Crippen LogP contribution in [0.25, 0.3) is 10.9 Å². The summed E-state index contributed by atoms with van der Waals surface area (Å²) in [4.78, 5) is 27.9. The molecule has 88 valence electrons. The van der Waals surface area contributed by atoms with E-state index in [1.807, 2.05) is 30.3 Å². The molecule has 2 fully saturated rings. The third-order valence-electron chi connectivity index (χ3n) is 4.05. The summed E-state index contributed by atoms with van der Waals surface area (Å²) >= 11 is 0. The van der Waals surface area contributed by atoms with Gasteiger partial charge in [0, 0.05) is 11.6 Å². The Bertz CT molecular complexity index is 705. The molecule has 1 saturated heterocycles. The van der Waals surface area contributed by atoms with Crippen molar-refractivity contribution in [2.75, 3.05) is 0 Å². The number of fused-ring (bicyclic) bond motifs is 2. The Balaban J connectivity index is 2.00. The standard InChI is InChI=1S/C14H10N2O2/c17-12-10-7-14(10,13(18)16-12)9-4-1-5-11-8(9)3-2-6-15-11/h1-6,10H,7H2,(H,16,17,18)/t10-,14?/m1/s1. The van der Waals surface area contributed by atoms with E-state index < -0.39 is 5.41 Å². The van der Waals surface area contributed by atoms with Gasteiger partial charge in [0.1, 0.15) is 0 Å². The van der Waals surface area contributed by atoms with Gasteiger partial charge in [-0.15, -0.1) is 0 Å². The average molecular weight is 238 g/mol. The maximum Gasteiger partial charge on any atom is 0.238 e. The number of nitrogens with zero attached hydrogens (tertiary/aromatic N) is 1. The highest BCUT2D eigenvalue weighted by atomic mass is 16.2. The first-order valence-electron chi connectivity index (χ1n) is 5.93. The van der Waals surface area contributed by atoms with Crippen LogP contribution in [0, 0.1) is 5.92 Å². The van der Waals surface area contributed by atoms with Gasteiger partial charge in [-0.05, 0) is 24.1 Å². The summed E-state index contributed by atoms with van der Waals surface area (Å²) in [6.07, 6.45) is 2.36. The van der Waals surface area contributed by atoms with Gasteiger partial charge in [0.05, 0.1) is 16.8 Å². The average Bonchev–Trinajstić information content (AvgIpc) is 3.09. The Kier molecular flexibility index (Phi) is 1.60. The van der Waals surface area contributed by atoms with Crippen LogP contribution in [0.1, 0.15) is 12.0 Å². The molecule has 1 aliphatic carbocycles. The quantitative estimate of drug-likeness (QED) is 0.758. The predicted octanol–water partition coefficient (Wildman–Crippen LogP) is 1.15. The highest BCUT2D eigenvalue weighted by molar-refractivity contribution is 6.16. The molecule has 1 aromatic heterocycles. The summed E-state index contributed by atoms with van der Waals surface area (Å²) in [6, 6.07) is 9.56. The molecule has 2 heterocycles. The Labute approximate surface area is 103 Å². The van der Waals surface area contributed by atoms with Crippen molar-refractivity contribution in [2.45, 2.75) is 11.8 Å². The molecule has 0 bridgehead atoms. The SMILES string of the molecule is O=C1NC(=O)C2(c3cccc4ncccc34)C[C@H]12. The van der Waals surface area contributed by atoms with Crippen LogP contribution in [-0.4, -0.2) is 16.8 Å². The number of rotatable bonds is 1. The number of piperidine rings is 1. The summed E-state index contributed by atoms with van der Waals surface area (Å²) in [5.74, 6) is -0.481. The molecule has 1 aliphatic heterocycles. The zero-order chi connectivity index (χ0) is 12.3. The molecule has 0 radical (unpaired) electrons. The second kappa shape index (κ2) is 2.96. The molecule has 2 amide bonds. The first-order valence-corrected chi connectivity index (χ1v) is 5.93. The molecular formula is C14H10N2O2. The number of amides is 2. The minimum absolute atomic E-state index is 0.138. The lowest BCUT2D eigenvalue weighted by Crippen LogP contribution is -2.30. The van der Waals surface area contributed by atoms with E-state index in [0.717, 1.165) is 16.5 Å².